The molecule has 80 valence electrons. The molecule has 0 N–H and O–H groups in total. The largest absolute Gasteiger partial charge is 0.454 e. The minimum absolute atomic E-state index is 0.290. The summed E-state index contributed by atoms with van der Waals surface area (Å²) in [5.74, 6) is 1.55. The van der Waals surface area contributed by atoms with Crippen molar-refractivity contribution in [1.29, 1.82) is 0 Å². The Kier molecular flexibility index (Phi) is 1.99. The number of hydrogen-bond donors (Lipinski definition) is 0. The molecule has 3 rings (SSSR count). The van der Waals surface area contributed by atoms with Gasteiger partial charge in [0.25, 0.3) is 0 Å². The van der Waals surface area contributed by atoms with Crippen molar-refractivity contribution < 1.29 is 9.47 Å². The van der Waals surface area contributed by atoms with Gasteiger partial charge in [-0.1, -0.05) is 0 Å². The van der Waals surface area contributed by atoms with Crippen LogP contribution in [0, 0.1) is 6.92 Å². The van der Waals surface area contributed by atoms with Gasteiger partial charge in [-0.2, -0.15) is 0 Å². The zero-order valence-electron chi connectivity index (χ0n) is 8.80. The van der Waals surface area contributed by atoms with E-state index >= 15 is 0 Å². The first-order valence-corrected chi connectivity index (χ1v) is 5.01. The van der Waals surface area contributed by atoms with Gasteiger partial charge in [0.15, 0.2) is 11.5 Å². The molecule has 0 fully saturated rings. The van der Waals surface area contributed by atoms with E-state index in [-0.39, 0.29) is 6.79 Å². The predicted molar refractivity (Wildman–Crippen MR) is 58.3 cm³/mol. The normalized spacial score (nSPS) is 12.8. The molecule has 0 saturated heterocycles. The second kappa shape index (κ2) is 3.48. The molecule has 0 amide bonds. The fourth-order valence-electron chi connectivity index (χ4n) is 1.66. The van der Waals surface area contributed by atoms with Crippen LogP contribution >= 0.6 is 0 Å². The van der Waals surface area contributed by atoms with Crippen molar-refractivity contribution in [2.75, 3.05) is 6.79 Å². The minimum Gasteiger partial charge on any atom is -0.454 e. The zero-order valence-corrected chi connectivity index (χ0v) is 8.80. The Morgan fingerprint density at radius 2 is 2.00 bits per heavy atom. The van der Waals surface area contributed by atoms with Crippen molar-refractivity contribution in [3.05, 3.63) is 36.3 Å². The van der Waals surface area contributed by atoms with Gasteiger partial charge >= 0.3 is 0 Å². The third-order valence-electron chi connectivity index (χ3n) is 2.42. The van der Waals surface area contributed by atoms with Crippen LogP contribution in [0.25, 0.3) is 11.3 Å². The minimum atomic E-state index is 0.290. The summed E-state index contributed by atoms with van der Waals surface area (Å²) < 4.78 is 10.6. The Bertz CT molecular complexity index is 540. The van der Waals surface area contributed by atoms with E-state index < -0.39 is 0 Å². The van der Waals surface area contributed by atoms with Crippen molar-refractivity contribution in [1.82, 2.24) is 9.97 Å². The summed E-state index contributed by atoms with van der Waals surface area (Å²) in [6.07, 6.45) is 3.47. The van der Waals surface area contributed by atoms with Crippen LogP contribution in [-0.4, -0.2) is 16.8 Å². The van der Waals surface area contributed by atoms with Crippen LogP contribution in [0.1, 0.15) is 5.69 Å². The third-order valence-corrected chi connectivity index (χ3v) is 2.42. The van der Waals surface area contributed by atoms with Gasteiger partial charge in [0, 0.05) is 11.8 Å². The topological polar surface area (TPSA) is 44.2 Å². The van der Waals surface area contributed by atoms with E-state index in [9.17, 15) is 0 Å². The van der Waals surface area contributed by atoms with Gasteiger partial charge in [-0.05, 0) is 25.1 Å². The first-order chi connectivity index (χ1) is 7.83. The van der Waals surface area contributed by atoms with Crippen molar-refractivity contribution >= 4 is 0 Å². The summed E-state index contributed by atoms with van der Waals surface area (Å²) in [7, 11) is 0. The Labute approximate surface area is 92.9 Å². The first-order valence-electron chi connectivity index (χ1n) is 5.01. The Hall–Kier alpha value is -2.10. The average molecular weight is 214 g/mol. The molecule has 2 aromatic rings. The van der Waals surface area contributed by atoms with Gasteiger partial charge in [-0.3, -0.25) is 4.98 Å². The monoisotopic (exact) mass is 214 g/mol. The predicted octanol–water partition coefficient (Wildman–Crippen LogP) is 2.18. The van der Waals surface area contributed by atoms with E-state index in [1.807, 2.05) is 25.1 Å². The van der Waals surface area contributed by atoms with E-state index in [2.05, 4.69) is 9.97 Å². The molecule has 0 radical (unpaired) electrons. The summed E-state index contributed by atoms with van der Waals surface area (Å²) in [4.78, 5) is 8.53. The quantitative estimate of drug-likeness (QED) is 0.729. The maximum absolute atomic E-state index is 5.32. The van der Waals surface area contributed by atoms with Gasteiger partial charge in [-0.15, -0.1) is 0 Å². The molecule has 1 aliphatic rings. The van der Waals surface area contributed by atoms with Crippen LogP contribution < -0.4 is 9.47 Å². The molecular weight excluding hydrogens is 204 g/mol. The zero-order chi connectivity index (χ0) is 11.0. The maximum Gasteiger partial charge on any atom is 0.231 e. The lowest BCUT2D eigenvalue weighted by atomic mass is 10.1. The lowest BCUT2D eigenvalue weighted by Gasteiger charge is -2.02. The summed E-state index contributed by atoms with van der Waals surface area (Å²) in [6, 6.07) is 5.77. The molecule has 4 heteroatoms. The van der Waals surface area contributed by atoms with Crippen LogP contribution in [0.5, 0.6) is 11.5 Å². The first kappa shape index (κ1) is 9.15. The number of rotatable bonds is 1. The molecular formula is C12H10N2O2. The molecule has 4 nitrogen and oxygen atoms in total. The molecule has 0 atom stereocenters. The molecule has 0 bridgehead atoms. The highest BCUT2D eigenvalue weighted by molar-refractivity contribution is 5.63. The van der Waals surface area contributed by atoms with Crippen LogP contribution in [0.15, 0.2) is 30.6 Å². The van der Waals surface area contributed by atoms with E-state index in [1.54, 1.807) is 12.4 Å². The Morgan fingerprint density at radius 1 is 1.12 bits per heavy atom. The second-order valence-electron chi connectivity index (χ2n) is 3.61. The fourth-order valence-corrected chi connectivity index (χ4v) is 1.66. The van der Waals surface area contributed by atoms with Crippen molar-refractivity contribution in [3.8, 4) is 22.8 Å². The fraction of sp³-hybridized carbons (Fsp3) is 0.167. The van der Waals surface area contributed by atoms with E-state index in [1.165, 1.54) is 0 Å². The summed E-state index contributed by atoms with van der Waals surface area (Å²) >= 11 is 0. The molecule has 1 aliphatic heterocycles. The number of aryl methyl sites for hydroxylation is 1. The lowest BCUT2D eigenvalue weighted by molar-refractivity contribution is 0.174. The number of hydrogen-bond acceptors (Lipinski definition) is 4. The molecule has 1 aromatic carbocycles. The number of ether oxygens (including phenoxy) is 2. The van der Waals surface area contributed by atoms with Crippen LogP contribution in [0.3, 0.4) is 0 Å². The van der Waals surface area contributed by atoms with Crippen molar-refractivity contribution in [2.45, 2.75) is 6.92 Å². The number of fused-ring (bicyclic) bond motifs is 1. The van der Waals surface area contributed by atoms with E-state index in [0.29, 0.717) is 0 Å². The molecule has 16 heavy (non-hydrogen) atoms. The Morgan fingerprint density at radius 3 is 2.88 bits per heavy atom. The SMILES string of the molecule is Cc1cncc(-c2ccc3c(c2)OCO3)n1. The van der Waals surface area contributed by atoms with Crippen LogP contribution in [0.2, 0.25) is 0 Å². The summed E-state index contributed by atoms with van der Waals surface area (Å²) in [5, 5.41) is 0. The number of benzene rings is 1. The van der Waals surface area contributed by atoms with Gasteiger partial charge in [-0.25, -0.2) is 4.98 Å². The number of aromatic nitrogens is 2. The average Bonchev–Trinajstić information content (AvgIpc) is 2.75. The van der Waals surface area contributed by atoms with Crippen molar-refractivity contribution in [3.63, 3.8) is 0 Å². The van der Waals surface area contributed by atoms with Gasteiger partial charge in [0.2, 0.25) is 6.79 Å². The van der Waals surface area contributed by atoms with Gasteiger partial charge < -0.3 is 9.47 Å². The van der Waals surface area contributed by atoms with Crippen molar-refractivity contribution in [2.24, 2.45) is 0 Å². The molecule has 0 spiro atoms. The van der Waals surface area contributed by atoms with Gasteiger partial charge in [0.05, 0.1) is 17.6 Å². The van der Waals surface area contributed by atoms with Gasteiger partial charge in [0.1, 0.15) is 0 Å². The molecule has 0 aliphatic carbocycles. The molecule has 0 unspecified atom stereocenters. The smallest absolute Gasteiger partial charge is 0.231 e. The Balaban J connectivity index is 2.07. The maximum atomic E-state index is 5.32. The molecule has 1 aromatic heterocycles. The lowest BCUT2D eigenvalue weighted by Crippen LogP contribution is -1.93. The summed E-state index contributed by atoms with van der Waals surface area (Å²) in [6.45, 7) is 2.21. The highest BCUT2D eigenvalue weighted by atomic mass is 16.7. The highest BCUT2D eigenvalue weighted by Gasteiger charge is 2.14. The van der Waals surface area contributed by atoms with Crippen LogP contribution in [-0.2, 0) is 0 Å². The third kappa shape index (κ3) is 1.48. The summed E-state index contributed by atoms with van der Waals surface area (Å²) in [5.41, 5.74) is 2.73. The highest BCUT2D eigenvalue weighted by Crippen LogP contribution is 2.35. The number of nitrogens with zero attached hydrogens (tertiary/aromatic N) is 2. The second-order valence-corrected chi connectivity index (χ2v) is 3.61. The van der Waals surface area contributed by atoms with E-state index in [0.717, 1.165) is 28.5 Å². The standard InChI is InChI=1S/C12H10N2O2/c1-8-5-13-6-10(14-8)9-2-3-11-12(4-9)16-7-15-11/h2-6H,7H2,1H3. The molecule has 2 heterocycles. The van der Waals surface area contributed by atoms with E-state index in [4.69, 9.17) is 9.47 Å². The van der Waals surface area contributed by atoms with Crippen LogP contribution in [0.4, 0.5) is 0 Å². The molecule has 0 saturated carbocycles.